The van der Waals surface area contributed by atoms with Crippen molar-refractivity contribution in [2.45, 2.75) is 12.5 Å². The van der Waals surface area contributed by atoms with Crippen LogP contribution in [0.1, 0.15) is 6.42 Å². The molecule has 0 aromatic rings. The van der Waals surface area contributed by atoms with E-state index in [0.717, 1.165) is 0 Å². The van der Waals surface area contributed by atoms with Gasteiger partial charge in [0.1, 0.15) is 0 Å². The van der Waals surface area contributed by atoms with Crippen LogP contribution < -0.4 is 0 Å². The second-order valence-corrected chi connectivity index (χ2v) is 4.46. The third kappa shape index (κ3) is 1.35. The molecule has 3 nitrogen and oxygen atoms in total. The lowest BCUT2D eigenvalue weighted by Crippen LogP contribution is -2.06. The zero-order valence-corrected chi connectivity index (χ0v) is 5.27. The molecule has 1 aliphatic heterocycles. The number of hydrogen-bond donors (Lipinski definition) is 3. The van der Waals surface area contributed by atoms with Crippen molar-refractivity contribution in [3.8, 4) is 0 Å². The maximum atomic E-state index is 8.84. The van der Waals surface area contributed by atoms with Gasteiger partial charge in [0.15, 0.2) is 0 Å². The van der Waals surface area contributed by atoms with Crippen molar-refractivity contribution in [2.24, 2.45) is 0 Å². The summed E-state index contributed by atoms with van der Waals surface area (Å²) in [6.45, 7) is 0. The zero-order chi connectivity index (χ0) is 6.20. The number of aliphatic hydroxyl groups excluding tert-OH is 1. The Hall–Kier alpha value is 0.230. The summed E-state index contributed by atoms with van der Waals surface area (Å²) in [7, 11) is -2.35. The molecule has 0 radical (unpaired) electrons. The van der Waals surface area contributed by atoms with Crippen molar-refractivity contribution >= 4 is 10.6 Å². The molecule has 0 saturated carbocycles. The minimum absolute atomic E-state index is 0.188. The predicted molar refractivity (Wildman–Crippen MR) is 33.2 cm³/mol. The van der Waals surface area contributed by atoms with E-state index in [1.165, 1.54) is 0 Å². The Balaban J connectivity index is 2.44. The Morgan fingerprint density at radius 1 is 1.38 bits per heavy atom. The standard InChI is InChI=1S/C4H10O3S/c5-4-1-2-8(6,7)3-4/h4-7H,1-3H2. The van der Waals surface area contributed by atoms with Gasteiger partial charge in [-0.25, -0.2) is 0 Å². The lowest BCUT2D eigenvalue weighted by Gasteiger charge is -2.24. The van der Waals surface area contributed by atoms with Gasteiger partial charge in [0.05, 0.1) is 11.9 Å². The average Bonchev–Trinajstić information content (AvgIpc) is 1.82. The van der Waals surface area contributed by atoms with Gasteiger partial charge in [0.25, 0.3) is 0 Å². The fourth-order valence-corrected chi connectivity index (χ4v) is 2.40. The molecule has 0 amide bonds. The SMILES string of the molecule is OC1CCS(O)(O)C1. The molecule has 1 rings (SSSR count). The fourth-order valence-electron chi connectivity index (χ4n) is 0.800. The summed E-state index contributed by atoms with van der Waals surface area (Å²) in [4.78, 5) is 0. The Kier molecular flexibility index (Phi) is 1.49. The maximum Gasteiger partial charge on any atom is 0.0728 e. The molecule has 0 bridgehead atoms. The van der Waals surface area contributed by atoms with E-state index in [1.807, 2.05) is 0 Å². The smallest absolute Gasteiger partial charge is 0.0728 e. The van der Waals surface area contributed by atoms with Crippen molar-refractivity contribution in [1.82, 2.24) is 0 Å². The topological polar surface area (TPSA) is 60.7 Å². The largest absolute Gasteiger partial charge is 0.391 e. The second kappa shape index (κ2) is 1.88. The summed E-state index contributed by atoms with van der Waals surface area (Å²) in [5, 5.41) is 8.77. The summed E-state index contributed by atoms with van der Waals surface area (Å²) in [5.74, 6) is 0.571. The highest BCUT2D eigenvalue weighted by Crippen LogP contribution is 2.45. The van der Waals surface area contributed by atoms with Gasteiger partial charge >= 0.3 is 0 Å². The molecular formula is C4H10O3S. The van der Waals surface area contributed by atoms with E-state index in [2.05, 4.69) is 0 Å². The van der Waals surface area contributed by atoms with Gasteiger partial charge in [0.2, 0.25) is 0 Å². The number of hydrogen-bond acceptors (Lipinski definition) is 3. The maximum absolute atomic E-state index is 8.84. The van der Waals surface area contributed by atoms with Gasteiger partial charge in [-0.2, -0.15) is 10.6 Å². The normalized spacial score (nSPS) is 39.6. The molecule has 3 N–H and O–H groups in total. The van der Waals surface area contributed by atoms with Gasteiger partial charge in [-0.15, -0.1) is 0 Å². The molecule has 0 aliphatic carbocycles. The van der Waals surface area contributed by atoms with Crippen molar-refractivity contribution < 1.29 is 14.2 Å². The van der Waals surface area contributed by atoms with Crippen LogP contribution in [0.5, 0.6) is 0 Å². The van der Waals surface area contributed by atoms with E-state index in [-0.39, 0.29) is 5.75 Å². The molecule has 1 saturated heterocycles. The van der Waals surface area contributed by atoms with Crippen LogP contribution in [-0.4, -0.2) is 31.8 Å². The van der Waals surface area contributed by atoms with E-state index in [0.29, 0.717) is 12.2 Å². The quantitative estimate of drug-likeness (QED) is 0.457. The predicted octanol–water partition coefficient (Wildman–Crippen LogP) is 0.502. The van der Waals surface area contributed by atoms with Gasteiger partial charge in [0, 0.05) is 5.75 Å². The average molecular weight is 138 g/mol. The summed E-state index contributed by atoms with van der Waals surface area (Å²) >= 11 is 0. The van der Waals surface area contributed by atoms with E-state index in [1.54, 1.807) is 0 Å². The highest BCUT2D eigenvalue weighted by atomic mass is 32.3. The first-order valence-electron chi connectivity index (χ1n) is 2.52. The molecule has 0 aromatic heterocycles. The monoisotopic (exact) mass is 138 g/mol. The van der Waals surface area contributed by atoms with Crippen molar-refractivity contribution in [3.63, 3.8) is 0 Å². The van der Waals surface area contributed by atoms with Crippen LogP contribution in [0.2, 0.25) is 0 Å². The first-order valence-corrected chi connectivity index (χ1v) is 4.40. The molecular weight excluding hydrogens is 128 g/mol. The van der Waals surface area contributed by atoms with E-state index in [4.69, 9.17) is 14.2 Å². The van der Waals surface area contributed by atoms with Gasteiger partial charge < -0.3 is 5.11 Å². The number of rotatable bonds is 0. The minimum atomic E-state index is -2.35. The molecule has 0 aromatic carbocycles. The molecule has 1 aliphatic rings. The summed E-state index contributed by atoms with van der Waals surface area (Å²) < 4.78 is 17.7. The molecule has 1 fully saturated rings. The Labute approximate surface area is 49.7 Å². The highest BCUT2D eigenvalue weighted by molar-refractivity contribution is 8.24. The molecule has 1 heterocycles. The van der Waals surface area contributed by atoms with Gasteiger partial charge in [-0.05, 0) is 6.42 Å². The summed E-state index contributed by atoms with van der Waals surface area (Å²) in [6, 6.07) is 0. The second-order valence-electron chi connectivity index (χ2n) is 2.12. The molecule has 4 heteroatoms. The molecule has 1 unspecified atom stereocenters. The van der Waals surface area contributed by atoms with Crippen LogP contribution in [0.15, 0.2) is 0 Å². The lowest BCUT2D eigenvalue weighted by molar-refractivity contribution is 0.201. The van der Waals surface area contributed by atoms with Crippen molar-refractivity contribution in [2.75, 3.05) is 11.5 Å². The third-order valence-electron chi connectivity index (χ3n) is 1.24. The molecule has 50 valence electrons. The number of aliphatic hydroxyl groups is 1. The Morgan fingerprint density at radius 2 is 2.00 bits per heavy atom. The van der Waals surface area contributed by atoms with Crippen LogP contribution in [-0.2, 0) is 0 Å². The summed E-state index contributed by atoms with van der Waals surface area (Å²) in [5.41, 5.74) is 0. The minimum Gasteiger partial charge on any atom is -0.391 e. The first kappa shape index (κ1) is 6.35. The van der Waals surface area contributed by atoms with Crippen molar-refractivity contribution in [3.05, 3.63) is 0 Å². The van der Waals surface area contributed by atoms with Crippen LogP contribution in [0.4, 0.5) is 0 Å². The van der Waals surface area contributed by atoms with E-state index < -0.39 is 16.7 Å². The fraction of sp³-hybridized carbons (Fsp3) is 1.00. The molecule has 8 heavy (non-hydrogen) atoms. The van der Waals surface area contributed by atoms with Crippen LogP contribution in [0, 0.1) is 0 Å². The molecule has 0 spiro atoms. The lowest BCUT2D eigenvalue weighted by atomic mass is 10.3. The van der Waals surface area contributed by atoms with E-state index in [9.17, 15) is 0 Å². The zero-order valence-electron chi connectivity index (χ0n) is 4.45. The Morgan fingerprint density at radius 3 is 2.12 bits per heavy atom. The summed E-state index contributed by atoms with van der Waals surface area (Å²) in [6.07, 6.45) is 0.0718. The highest BCUT2D eigenvalue weighted by Gasteiger charge is 2.25. The van der Waals surface area contributed by atoms with Gasteiger partial charge in [-0.1, -0.05) is 0 Å². The molecule has 1 atom stereocenters. The first-order chi connectivity index (χ1) is 3.60. The van der Waals surface area contributed by atoms with Gasteiger partial charge in [-0.3, -0.25) is 9.11 Å². The van der Waals surface area contributed by atoms with Crippen LogP contribution in [0.25, 0.3) is 0 Å². The van der Waals surface area contributed by atoms with Crippen LogP contribution in [0.3, 0.4) is 0 Å². The van der Waals surface area contributed by atoms with Crippen LogP contribution >= 0.6 is 10.6 Å². The van der Waals surface area contributed by atoms with E-state index >= 15 is 0 Å². The van der Waals surface area contributed by atoms with Crippen molar-refractivity contribution in [1.29, 1.82) is 0 Å². The Bertz CT molecular complexity index is 93.3. The third-order valence-corrected chi connectivity index (χ3v) is 3.05.